The summed E-state index contributed by atoms with van der Waals surface area (Å²) >= 11 is 0. The van der Waals surface area contributed by atoms with Crippen LogP contribution in [-0.2, 0) is 4.79 Å². The molecule has 1 amide bonds. The van der Waals surface area contributed by atoms with Crippen molar-refractivity contribution >= 4 is 17.5 Å². The Kier molecular flexibility index (Phi) is 5.78. The number of nitrogens with zero attached hydrogens (tertiary/aromatic N) is 3. The summed E-state index contributed by atoms with van der Waals surface area (Å²) in [6, 6.07) is 0. The van der Waals surface area contributed by atoms with Gasteiger partial charge in [-0.05, 0) is 32.6 Å². The van der Waals surface area contributed by atoms with Gasteiger partial charge < -0.3 is 15.5 Å². The highest BCUT2D eigenvalue weighted by Gasteiger charge is 2.16. The SMILES string of the molecule is CCCNc1ncnc(NCC(=O)N2CCCCC2)c1C. The van der Waals surface area contributed by atoms with Crippen LogP contribution in [0.1, 0.15) is 38.2 Å². The molecule has 1 aliphatic rings. The maximum absolute atomic E-state index is 12.1. The van der Waals surface area contributed by atoms with Crippen LogP contribution in [0.25, 0.3) is 0 Å². The van der Waals surface area contributed by atoms with E-state index in [4.69, 9.17) is 0 Å². The zero-order valence-electron chi connectivity index (χ0n) is 13.0. The Morgan fingerprint density at radius 3 is 2.52 bits per heavy atom. The van der Waals surface area contributed by atoms with Gasteiger partial charge in [0.15, 0.2) is 0 Å². The van der Waals surface area contributed by atoms with Crippen molar-refractivity contribution in [3.05, 3.63) is 11.9 Å². The average Bonchev–Trinajstić information content (AvgIpc) is 2.53. The number of aromatic nitrogens is 2. The summed E-state index contributed by atoms with van der Waals surface area (Å²) in [5, 5.41) is 6.41. The number of piperidine rings is 1. The molecule has 0 spiro atoms. The molecule has 116 valence electrons. The Morgan fingerprint density at radius 1 is 1.19 bits per heavy atom. The molecular formula is C15H25N5O. The van der Waals surface area contributed by atoms with Gasteiger partial charge in [-0.25, -0.2) is 9.97 Å². The van der Waals surface area contributed by atoms with Gasteiger partial charge in [0.1, 0.15) is 18.0 Å². The molecule has 2 N–H and O–H groups in total. The first-order chi connectivity index (χ1) is 10.2. The Morgan fingerprint density at radius 2 is 1.86 bits per heavy atom. The molecule has 0 saturated carbocycles. The molecule has 0 aromatic carbocycles. The molecule has 0 radical (unpaired) electrons. The molecule has 2 rings (SSSR count). The van der Waals surface area contributed by atoms with Gasteiger partial charge in [-0.3, -0.25) is 4.79 Å². The number of carbonyl (C=O) groups is 1. The second-order valence-electron chi connectivity index (χ2n) is 5.42. The Hall–Kier alpha value is -1.85. The third kappa shape index (κ3) is 4.31. The van der Waals surface area contributed by atoms with E-state index >= 15 is 0 Å². The number of likely N-dealkylation sites (tertiary alicyclic amines) is 1. The zero-order valence-corrected chi connectivity index (χ0v) is 13.0. The summed E-state index contributed by atoms with van der Waals surface area (Å²) in [5.41, 5.74) is 0.956. The van der Waals surface area contributed by atoms with Crippen LogP contribution in [-0.4, -0.2) is 47.0 Å². The highest BCUT2D eigenvalue weighted by atomic mass is 16.2. The van der Waals surface area contributed by atoms with Crippen LogP contribution >= 0.6 is 0 Å². The quantitative estimate of drug-likeness (QED) is 0.839. The summed E-state index contributed by atoms with van der Waals surface area (Å²) in [5.74, 6) is 1.71. The molecule has 1 aromatic rings. The van der Waals surface area contributed by atoms with Gasteiger partial charge in [-0.1, -0.05) is 6.92 Å². The van der Waals surface area contributed by atoms with Crippen molar-refractivity contribution < 1.29 is 4.79 Å². The van der Waals surface area contributed by atoms with E-state index in [1.165, 1.54) is 12.7 Å². The van der Waals surface area contributed by atoms with Gasteiger partial charge in [0.2, 0.25) is 5.91 Å². The van der Waals surface area contributed by atoms with E-state index in [1.54, 1.807) is 0 Å². The van der Waals surface area contributed by atoms with Crippen LogP contribution < -0.4 is 10.6 Å². The predicted molar refractivity (Wildman–Crippen MR) is 84.5 cm³/mol. The summed E-state index contributed by atoms with van der Waals surface area (Å²) in [6.45, 7) is 7.01. The van der Waals surface area contributed by atoms with Crippen LogP contribution in [0, 0.1) is 6.92 Å². The predicted octanol–water partition coefficient (Wildman–Crippen LogP) is 2.03. The molecule has 1 aromatic heterocycles. The van der Waals surface area contributed by atoms with Crippen molar-refractivity contribution in [3.8, 4) is 0 Å². The molecule has 6 heteroatoms. The monoisotopic (exact) mass is 291 g/mol. The van der Waals surface area contributed by atoms with Crippen molar-refractivity contribution in [2.45, 2.75) is 39.5 Å². The minimum absolute atomic E-state index is 0.149. The van der Waals surface area contributed by atoms with E-state index in [0.29, 0.717) is 6.54 Å². The topological polar surface area (TPSA) is 70.1 Å². The Balaban J connectivity index is 1.91. The molecular weight excluding hydrogens is 266 g/mol. The zero-order chi connectivity index (χ0) is 15.1. The van der Waals surface area contributed by atoms with Crippen LogP contribution in [0.2, 0.25) is 0 Å². The van der Waals surface area contributed by atoms with Crippen molar-refractivity contribution in [3.63, 3.8) is 0 Å². The van der Waals surface area contributed by atoms with Crippen LogP contribution in [0.15, 0.2) is 6.33 Å². The fourth-order valence-corrected chi connectivity index (χ4v) is 2.46. The number of amides is 1. The molecule has 0 aliphatic carbocycles. The molecule has 0 atom stereocenters. The van der Waals surface area contributed by atoms with E-state index in [2.05, 4.69) is 27.5 Å². The minimum atomic E-state index is 0.149. The maximum Gasteiger partial charge on any atom is 0.241 e. The second kappa shape index (κ2) is 7.81. The maximum atomic E-state index is 12.1. The van der Waals surface area contributed by atoms with E-state index < -0.39 is 0 Å². The first kappa shape index (κ1) is 15.5. The Bertz CT molecular complexity index is 471. The van der Waals surface area contributed by atoms with Crippen molar-refractivity contribution in [2.24, 2.45) is 0 Å². The molecule has 21 heavy (non-hydrogen) atoms. The van der Waals surface area contributed by atoms with Crippen LogP contribution in [0.5, 0.6) is 0 Å². The van der Waals surface area contributed by atoms with Crippen molar-refractivity contribution in [1.29, 1.82) is 0 Å². The summed E-state index contributed by atoms with van der Waals surface area (Å²) in [7, 11) is 0. The standard InChI is InChI=1S/C15H25N5O/c1-3-7-16-14-12(2)15(19-11-18-14)17-10-13(21)20-8-5-4-6-9-20/h11H,3-10H2,1-2H3,(H2,16,17,18,19). The molecule has 1 saturated heterocycles. The number of rotatable bonds is 6. The first-order valence-electron chi connectivity index (χ1n) is 7.79. The lowest BCUT2D eigenvalue weighted by molar-refractivity contribution is -0.130. The van der Waals surface area contributed by atoms with E-state index in [9.17, 15) is 4.79 Å². The van der Waals surface area contributed by atoms with Gasteiger partial charge in [0.05, 0.1) is 6.54 Å². The smallest absolute Gasteiger partial charge is 0.241 e. The summed E-state index contributed by atoms with van der Waals surface area (Å²) in [6.07, 6.45) is 6.03. The number of hydrogen-bond acceptors (Lipinski definition) is 5. The molecule has 0 unspecified atom stereocenters. The van der Waals surface area contributed by atoms with Crippen LogP contribution in [0.4, 0.5) is 11.6 Å². The number of carbonyl (C=O) groups excluding carboxylic acids is 1. The lowest BCUT2D eigenvalue weighted by atomic mass is 10.1. The van der Waals surface area contributed by atoms with E-state index in [1.807, 2.05) is 11.8 Å². The lowest BCUT2D eigenvalue weighted by Crippen LogP contribution is -2.39. The minimum Gasteiger partial charge on any atom is -0.370 e. The van der Waals surface area contributed by atoms with E-state index in [-0.39, 0.29) is 5.91 Å². The third-order valence-corrected chi connectivity index (χ3v) is 3.74. The van der Waals surface area contributed by atoms with Gasteiger partial charge in [0.25, 0.3) is 0 Å². The van der Waals surface area contributed by atoms with Gasteiger partial charge >= 0.3 is 0 Å². The fourth-order valence-electron chi connectivity index (χ4n) is 2.46. The molecule has 1 fully saturated rings. The second-order valence-corrected chi connectivity index (χ2v) is 5.42. The molecule has 2 heterocycles. The molecule has 0 bridgehead atoms. The molecule has 6 nitrogen and oxygen atoms in total. The molecule has 1 aliphatic heterocycles. The van der Waals surface area contributed by atoms with Crippen molar-refractivity contribution in [1.82, 2.24) is 14.9 Å². The normalized spacial score (nSPS) is 14.9. The largest absolute Gasteiger partial charge is 0.370 e. The number of nitrogens with one attached hydrogen (secondary N) is 2. The first-order valence-corrected chi connectivity index (χ1v) is 7.79. The third-order valence-electron chi connectivity index (χ3n) is 3.74. The van der Waals surface area contributed by atoms with Gasteiger partial charge in [-0.15, -0.1) is 0 Å². The van der Waals surface area contributed by atoms with Crippen LogP contribution in [0.3, 0.4) is 0 Å². The highest BCUT2D eigenvalue weighted by Crippen LogP contribution is 2.18. The number of hydrogen-bond donors (Lipinski definition) is 2. The summed E-state index contributed by atoms with van der Waals surface area (Å²) in [4.78, 5) is 22.5. The Labute approximate surface area is 126 Å². The highest BCUT2D eigenvalue weighted by molar-refractivity contribution is 5.81. The summed E-state index contributed by atoms with van der Waals surface area (Å²) < 4.78 is 0. The van der Waals surface area contributed by atoms with E-state index in [0.717, 1.165) is 56.1 Å². The lowest BCUT2D eigenvalue weighted by Gasteiger charge is -2.27. The number of anilines is 2. The average molecular weight is 291 g/mol. The fraction of sp³-hybridized carbons (Fsp3) is 0.667. The van der Waals surface area contributed by atoms with Crippen molar-refractivity contribution in [2.75, 3.05) is 36.8 Å². The van der Waals surface area contributed by atoms with Gasteiger partial charge in [0, 0.05) is 25.2 Å². The van der Waals surface area contributed by atoms with Gasteiger partial charge in [-0.2, -0.15) is 0 Å².